The van der Waals surface area contributed by atoms with Gasteiger partial charge in [-0.15, -0.1) is 0 Å². The van der Waals surface area contributed by atoms with Crippen LogP contribution in [0, 0.1) is 5.21 Å². The van der Waals surface area contributed by atoms with Gasteiger partial charge in [0.15, 0.2) is 0 Å². The molecule has 0 saturated carbocycles. The van der Waals surface area contributed by atoms with Crippen LogP contribution in [0.1, 0.15) is 0 Å². The molecule has 0 fully saturated rings. The van der Waals surface area contributed by atoms with Gasteiger partial charge in [-0.2, -0.15) is 0 Å². The molecule has 2 rings (SSSR count). The first-order valence-corrected chi connectivity index (χ1v) is 5.11. The van der Waals surface area contributed by atoms with Crippen LogP contribution in [0.15, 0.2) is 18.3 Å². The Bertz CT molecular complexity index is 317. The van der Waals surface area contributed by atoms with E-state index in [0.29, 0.717) is 23.4 Å². The van der Waals surface area contributed by atoms with Crippen molar-refractivity contribution in [1.29, 1.82) is 0 Å². The lowest BCUT2D eigenvalue weighted by atomic mass is 10.4. The largest absolute Gasteiger partial charge is 0.624 e. The number of hydroxylamine groups is 2. The molecule has 1 aromatic heterocycles. The van der Waals surface area contributed by atoms with Crippen molar-refractivity contribution in [1.82, 2.24) is 9.63 Å². The predicted molar refractivity (Wildman–Crippen MR) is 53.6 cm³/mol. The van der Waals surface area contributed by atoms with Crippen molar-refractivity contribution in [2.45, 2.75) is 0 Å². The molecule has 0 aliphatic carbocycles. The zero-order valence-corrected chi connectivity index (χ0v) is 8.53. The van der Waals surface area contributed by atoms with Crippen molar-refractivity contribution in [3.05, 3.63) is 23.5 Å². The van der Waals surface area contributed by atoms with E-state index < -0.39 is 4.65 Å². The van der Waals surface area contributed by atoms with Crippen LogP contribution in [-0.2, 0) is 0 Å². The molecule has 0 saturated heterocycles. The second-order valence-electron chi connectivity index (χ2n) is 2.90. The van der Waals surface area contributed by atoms with Crippen LogP contribution >= 0.6 is 15.9 Å². The monoisotopic (exact) mass is 244 g/mol. The lowest BCUT2D eigenvalue weighted by Gasteiger charge is -2.33. The van der Waals surface area contributed by atoms with Crippen molar-refractivity contribution in [3.8, 4) is 5.75 Å². The number of halogens is 1. The van der Waals surface area contributed by atoms with E-state index in [1.807, 2.05) is 0 Å². The van der Waals surface area contributed by atoms with Crippen molar-refractivity contribution in [2.24, 2.45) is 0 Å². The quantitative estimate of drug-likeness (QED) is 0.452. The molecule has 0 aromatic carbocycles. The van der Waals surface area contributed by atoms with Crippen molar-refractivity contribution >= 4 is 21.7 Å². The van der Waals surface area contributed by atoms with Gasteiger partial charge in [0, 0.05) is 6.20 Å². The van der Waals surface area contributed by atoms with Crippen LogP contribution in [0.4, 0.5) is 5.82 Å². The van der Waals surface area contributed by atoms with Gasteiger partial charge in [0.25, 0.3) is 5.82 Å². The maximum Gasteiger partial charge on any atom is 0.273 e. The van der Waals surface area contributed by atoms with E-state index in [2.05, 4.69) is 20.9 Å². The van der Waals surface area contributed by atoms with Crippen molar-refractivity contribution < 1.29 is 4.74 Å². The Morgan fingerprint density at radius 1 is 1.69 bits per heavy atom. The van der Waals surface area contributed by atoms with Crippen molar-refractivity contribution in [2.75, 3.05) is 18.6 Å². The number of ether oxygens (including phenoxy) is 1. The van der Waals surface area contributed by atoms with Gasteiger partial charge >= 0.3 is 0 Å². The molecule has 1 aliphatic rings. The van der Waals surface area contributed by atoms with E-state index in [1.54, 1.807) is 18.3 Å². The minimum atomic E-state index is -0.485. The lowest BCUT2D eigenvalue weighted by Crippen LogP contribution is -2.44. The third-order valence-electron chi connectivity index (χ3n) is 2.01. The smallest absolute Gasteiger partial charge is 0.273 e. The summed E-state index contributed by atoms with van der Waals surface area (Å²) in [7, 11) is 0. The molecule has 1 atom stereocenters. The zero-order chi connectivity index (χ0) is 9.31. The summed E-state index contributed by atoms with van der Waals surface area (Å²) in [5.41, 5.74) is 0. The topological polar surface area (TPSA) is 45.2 Å². The molecule has 0 spiro atoms. The van der Waals surface area contributed by atoms with Gasteiger partial charge in [0.2, 0.25) is 12.5 Å². The maximum atomic E-state index is 12.0. The first kappa shape index (κ1) is 8.93. The van der Waals surface area contributed by atoms with Crippen LogP contribution in [0.5, 0.6) is 5.75 Å². The lowest BCUT2D eigenvalue weighted by molar-refractivity contribution is 0.226. The van der Waals surface area contributed by atoms with E-state index in [9.17, 15) is 5.21 Å². The van der Waals surface area contributed by atoms with Crippen molar-refractivity contribution in [3.63, 3.8) is 0 Å². The summed E-state index contributed by atoms with van der Waals surface area (Å²) >= 11 is 3.25. The molecule has 13 heavy (non-hydrogen) atoms. The maximum absolute atomic E-state index is 12.0. The van der Waals surface area contributed by atoms with Crippen LogP contribution in [-0.4, -0.2) is 23.6 Å². The van der Waals surface area contributed by atoms with E-state index in [0.717, 1.165) is 0 Å². The van der Waals surface area contributed by atoms with Crippen LogP contribution in [0.3, 0.4) is 0 Å². The molecule has 1 unspecified atom stereocenters. The Kier molecular flexibility index (Phi) is 2.23. The van der Waals surface area contributed by atoms with Gasteiger partial charge in [-0.1, -0.05) is 15.9 Å². The Morgan fingerprint density at radius 3 is 3.31 bits per heavy atom. The fourth-order valence-corrected chi connectivity index (χ4v) is 1.92. The molecular formula is C8H9BrN2O2. The molecule has 5 heteroatoms. The number of nitrogens with zero attached hydrogens (tertiary/aromatic N) is 2. The molecule has 4 nitrogen and oxygen atoms in total. The summed E-state index contributed by atoms with van der Waals surface area (Å²) in [6.07, 6.45) is 1.62. The number of fused-ring (bicyclic) bond motifs is 1. The normalized spacial score (nSPS) is 25.4. The second kappa shape index (κ2) is 3.25. The van der Waals surface area contributed by atoms with Gasteiger partial charge in [0.05, 0.1) is 11.9 Å². The number of alkyl halides is 1. The van der Waals surface area contributed by atoms with E-state index in [4.69, 9.17) is 4.74 Å². The summed E-state index contributed by atoms with van der Waals surface area (Å²) in [5.74, 6) is 1.10. The van der Waals surface area contributed by atoms with Gasteiger partial charge in [-0.3, -0.25) is 4.65 Å². The molecular weight excluding hydrogens is 236 g/mol. The predicted octanol–water partition coefficient (Wildman–Crippen LogP) is 1.63. The Balaban J connectivity index is 2.37. The summed E-state index contributed by atoms with van der Waals surface area (Å²) in [6.45, 7) is 0.585. The number of aromatic nitrogens is 1. The molecule has 0 radical (unpaired) electrons. The number of pyridine rings is 1. The standard InChI is InChI=1S/C8H9BrN2O2/c9-3-5-11(12)6-13-7-2-1-4-10-8(7)11/h1-2,4H,3,5-6H2. The molecule has 1 aliphatic heterocycles. The highest BCUT2D eigenvalue weighted by atomic mass is 79.9. The molecule has 1 aromatic rings. The molecule has 0 N–H and O–H groups in total. The molecule has 0 amide bonds. The Morgan fingerprint density at radius 2 is 2.54 bits per heavy atom. The number of hydrogen-bond donors (Lipinski definition) is 0. The number of hydrogen-bond acceptors (Lipinski definition) is 3. The first-order chi connectivity index (χ1) is 6.26. The fourth-order valence-electron chi connectivity index (χ4n) is 1.34. The number of rotatable bonds is 2. The van der Waals surface area contributed by atoms with Crippen LogP contribution in [0.25, 0.3) is 0 Å². The summed E-state index contributed by atoms with van der Waals surface area (Å²) in [6, 6.07) is 3.54. The number of quaternary nitrogens is 1. The fraction of sp³-hybridized carbons (Fsp3) is 0.375. The SMILES string of the molecule is [O-][N+]1(CCBr)COc2cccnc21. The van der Waals surface area contributed by atoms with Crippen LogP contribution in [0.2, 0.25) is 0 Å². The second-order valence-corrected chi connectivity index (χ2v) is 3.69. The highest BCUT2D eigenvalue weighted by Gasteiger charge is 2.33. The first-order valence-electron chi connectivity index (χ1n) is 3.99. The van der Waals surface area contributed by atoms with E-state index in [-0.39, 0.29) is 6.73 Å². The minimum Gasteiger partial charge on any atom is -0.624 e. The Hall–Kier alpha value is -0.650. The third kappa shape index (κ3) is 1.43. The Labute approximate surface area is 84.4 Å². The van der Waals surface area contributed by atoms with Gasteiger partial charge in [0.1, 0.15) is 0 Å². The average molecular weight is 245 g/mol. The third-order valence-corrected chi connectivity index (χ3v) is 2.37. The highest BCUT2D eigenvalue weighted by molar-refractivity contribution is 9.09. The van der Waals surface area contributed by atoms with Gasteiger partial charge < -0.3 is 9.94 Å². The summed E-state index contributed by atoms with van der Waals surface area (Å²) in [4.78, 5) is 4.04. The summed E-state index contributed by atoms with van der Waals surface area (Å²) in [5, 5.41) is 12.7. The van der Waals surface area contributed by atoms with Gasteiger partial charge in [-0.05, 0) is 12.1 Å². The summed E-state index contributed by atoms with van der Waals surface area (Å²) < 4.78 is 4.76. The molecule has 0 bridgehead atoms. The zero-order valence-electron chi connectivity index (χ0n) is 6.94. The van der Waals surface area contributed by atoms with Gasteiger partial charge in [-0.25, -0.2) is 4.98 Å². The molecule has 70 valence electrons. The highest BCUT2D eigenvalue weighted by Crippen LogP contribution is 2.35. The van der Waals surface area contributed by atoms with Crippen LogP contribution < -0.4 is 9.38 Å². The van der Waals surface area contributed by atoms with E-state index >= 15 is 0 Å². The average Bonchev–Trinajstić information content (AvgIpc) is 2.46. The molecule has 2 heterocycles. The minimum absolute atomic E-state index is 0.137. The van der Waals surface area contributed by atoms with E-state index in [1.165, 1.54) is 0 Å².